The van der Waals surface area contributed by atoms with Crippen molar-refractivity contribution in [1.29, 1.82) is 0 Å². The van der Waals surface area contributed by atoms with Gasteiger partial charge in [0.2, 0.25) is 17.7 Å². The van der Waals surface area contributed by atoms with Crippen molar-refractivity contribution in [3.05, 3.63) is 72.6 Å². The Morgan fingerprint density at radius 2 is 1.59 bits per heavy atom. The highest BCUT2D eigenvalue weighted by Crippen LogP contribution is 2.43. The van der Waals surface area contributed by atoms with Crippen LogP contribution < -0.4 is 24.8 Å². The van der Waals surface area contributed by atoms with Gasteiger partial charge < -0.3 is 29.7 Å². The number of ether oxygens (including phenoxy) is 3. The van der Waals surface area contributed by atoms with E-state index in [1.807, 2.05) is 0 Å². The average Bonchev–Trinajstić information content (AvgIpc) is 3.02. The number of carbonyl (C=O) groups excluding carboxylic acids is 2. The van der Waals surface area contributed by atoms with Gasteiger partial charge in [-0.25, -0.2) is 18.7 Å². The molecule has 1 aliphatic carbocycles. The van der Waals surface area contributed by atoms with E-state index < -0.39 is 28.9 Å². The Balaban J connectivity index is 1.27. The van der Waals surface area contributed by atoms with Crippen molar-refractivity contribution in [3.63, 3.8) is 0 Å². The lowest BCUT2D eigenvalue weighted by molar-refractivity contribution is -0.142. The van der Waals surface area contributed by atoms with Crippen LogP contribution in [0.25, 0.3) is 10.9 Å². The molecule has 4 aromatic rings. The number of hydrogen-bond acceptors (Lipinski definition) is 8. The van der Waals surface area contributed by atoms with Gasteiger partial charge in [-0.2, -0.15) is 0 Å². The summed E-state index contributed by atoms with van der Waals surface area (Å²) in [6.07, 6.45) is 3.52. The van der Waals surface area contributed by atoms with Crippen LogP contribution in [0.4, 0.5) is 20.2 Å². The topological polar surface area (TPSA) is 115 Å². The summed E-state index contributed by atoms with van der Waals surface area (Å²) in [6, 6.07) is 12.7. The molecule has 3 aromatic carbocycles. The number of hydrogen-bond donors (Lipinski definition) is 2. The Kier molecular flexibility index (Phi) is 10.3. The van der Waals surface area contributed by atoms with Crippen molar-refractivity contribution in [2.75, 3.05) is 44.0 Å². The van der Waals surface area contributed by atoms with Gasteiger partial charge in [-0.1, -0.05) is 20.3 Å². The Hall–Kier alpha value is -4.84. The average molecular weight is 634 g/mol. The number of anilines is 2. The van der Waals surface area contributed by atoms with Crippen molar-refractivity contribution in [2.45, 2.75) is 39.5 Å². The van der Waals surface area contributed by atoms with Crippen LogP contribution in [0.3, 0.4) is 0 Å². The Morgan fingerprint density at radius 1 is 0.891 bits per heavy atom. The van der Waals surface area contributed by atoms with Gasteiger partial charge >= 0.3 is 0 Å². The Labute approximate surface area is 266 Å². The molecular weight excluding hydrogens is 596 g/mol. The van der Waals surface area contributed by atoms with Gasteiger partial charge in [0.25, 0.3) is 0 Å². The van der Waals surface area contributed by atoms with Crippen LogP contribution in [-0.4, -0.2) is 60.0 Å². The molecule has 12 heteroatoms. The third-order valence-electron chi connectivity index (χ3n) is 8.23. The van der Waals surface area contributed by atoms with E-state index in [9.17, 15) is 14.0 Å². The van der Waals surface area contributed by atoms with E-state index in [1.165, 1.54) is 49.8 Å². The van der Waals surface area contributed by atoms with E-state index in [1.54, 1.807) is 12.1 Å². The molecule has 0 atom stereocenters. The number of aromatic nitrogens is 2. The molecule has 2 amide bonds. The van der Waals surface area contributed by atoms with E-state index in [2.05, 4.69) is 39.3 Å². The van der Waals surface area contributed by atoms with E-state index in [0.29, 0.717) is 54.0 Å². The number of methoxy groups -OCH3 is 1. The summed E-state index contributed by atoms with van der Waals surface area (Å²) in [7, 11) is 1.53. The van der Waals surface area contributed by atoms with E-state index in [0.717, 1.165) is 32.1 Å². The Bertz CT molecular complexity index is 1690. The van der Waals surface area contributed by atoms with E-state index in [-0.39, 0.29) is 17.3 Å². The van der Waals surface area contributed by atoms with Gasteiger partial charge in [-0.15, -0.1) is 0 Å². The third-order valence-corrected chi connectivity index (χ3v) is 8.23. The maximum Gasteiger partial charge on any atom is 0.240 e. The maximum atomic E-state index is 15.3. The Morgan fingerprint density at radius 3 is 2.22 bits per heavy atom. The highest BCUT2D eigenvalue weighted by Gasteiger charge is 2.50. The zero-order valence-corrected chi connectivity index (χ0v) is 26.1. The highest BCUT2D eigenvalue weighted by molar-refractivity contribution is 6.15. The molecule has 2 N–H and O–H groups in total. The molecule has 1 aliphatic rings. The predicted molar refractivity (Wildman–Crippen MR) is 170 cm³/mol. The van der Waals surface area contributed by atoms with Crippen LogP contribution in [0.1, 0.15) is 39.5 Å². The first kappa shape index (κ1) is 32.6. The minimum Gasteiger partial charge on any atom is -0.493 e. The number of fused-ring (bicyclic) bond motifs is 1. The molecule has 1 fully saturated rings. The zero-order chi connectivity index (χ0) is 32.7. The van der Waals surface area contributed by atoms with Crippen LogP contribution in [0.2, 0.25) is 0 Å². The smallest absolute Gasteiger partial charge is 0.240 e. The standard InChI is InChI=1S/C34H37F2N5O5/c1-4-41(5-2)16-7-17-45-30-20-27-25(19-29(30)44-3)31(38-21-37-27)46-28-13-12-24(18-26(28)36)40-33(43)34(14-6-15-34)32(42)39-23-10-8-22(35)9-11-23/h8-13,18-21H,4-7,14-17H2,1-3H3,(H,39,42)(H,40,43). The predicted octanol–water partition coefficient (Wildman–Crippen LogP) is 6.57. The van der Waals surface area contributed by atoms with Crippen molar-refractivity contribution in [3.8, 4) is 23.1 Å². The zero-order valence-electron chi connectivity index (χ0n) is 26.1. The molecular formula is C34H37F2N5O5. The number of halogens is 2. The monoisotopic (exact) mass is 633 g/mol. The summed E-state index contributed by atoms with van der Waals surface area (Å²) in [5.74, 6) is -1.26. The van der Waals surface area contributed by atoms with Crippen molar-refractivity contribution >= 4 is 34.1 Å². The maximum absolute atomic E-state index is 15.3. The minimum atomic E-state index is -1.31. The van der Waals surface area contributed by atoms with Crippen LogP contribution in [0.5, 0.6) is 23.1 Å². The van der Waals surface area contributed by atoms with Gasteiger partial charge in [-0.05, 0) is 74.8 Å². The molecule has 1 saturated carbocycles. The first-order valence-electron chi connectivity index (χ1n) is 15.3. The first-order valence-corrected chi connectivity index (χ1v) is 15.3. The molecule has 10 nitrogen and oxygen atoms in total. The SMILES string of the molecule is CCN(CC)CCCOc1cc2ncnc(Oc3ccc(NC(=O)C4(C(=O)Nc5ccc(F)cc5)CCC4)cc3F)c2cc1OC. The summed E-state index contributed by atoms with van der Waals surface area (Å²) < 4.78 is 45.9. The molecule has 1 heterocycles. The van der Waals surface area contributed by atoms with Gasteiger partial charge in [0, 0.05) is 30.1 Å². The fraction of sp³-hybridized carbons (Fsp3) is 0.353. The summed E-state index contributed by atoms with van der Waals surface area (Å²) >= 11 is 0. The lowest BCUT2D eigenvalue weighted by Gasteiger charge is -2.38. The molecule has 5 rings (SSSR count). The minimum absolute atomic E-state index is 0.109. The van der Waals surface area contributed by atoms with E-state index >= 15 is 4.39 Å². The summed E-state index contributed by atoms with van der Waals surface area (Å²) in [6.45, 7) is 7.63. The van der Waals surface area contributed by atoms with Crippen molar-refractivity contribution in [1.82, 2.24) is 14.9 Å². The molecule has 0 aliphatic heterocycles. The van der Waals surface area contributed by atoms with Crippen LogP contribution in [0, 0.1) is 17.0 Å². The van der Waals surface area contributed by atoms with E-state index in [4.69, 9.17) is 14.2 Å². The summed E-state index contributed by atoms with van der Waals surface area (Å²) in [4.78, 5) is 37.1. The quantitative estimate of drug-likeness (QED) is 0.118. The number of benzene rings is 3. The molecule has 0 radical (unpaired) electrons. The van der Waals surface area contributed by atoms with Gasteiger partial charge in [0.1, 0.15) is 17.6 Å². The first-order chi connectivity index (χ1) is 22.3. The molecule has 0 spiro atoms. The normalized spacial score (nSPS) is 13.6. The number of rotatable bonds is 14. The lowest BCUT2D eigenvalue weighted by atomic mass is 9.67. The molecule has 0 bridgehead atoms. The van der Waals surface area contributed by atoms with Crippen LogP contribution in [0.15, 0.2) is 60.9 Å². The van der Waals surface area contributed by atoms with Gasteiger partial charge in [0.05, 0.1) is 24.6 Å². The molecule has 0 unspecified atom stereocenters. The van der Waals surface area contributed by atoms with Crippen molar-refractivity contribution < 1.29 is 32.6 Å². The second-order valence-electron chi connectivity index (χ2n) is 11.0. The lowest BCUT2D eigenvalue weighted by Crippen LogP contribution is -2.50. The number of carbonyl (C=O) groups is 2. The fourth-order valence-electron chi connectivity index (χ4n) is 5.29. The fourth-order valence-corrected chi connectivity index (χ4v) is 5.29. The number of nitrogens with one attached hydrogen (secondary N) is 2. The van der Waals surface area contributed by atoms with Gasteiger partial charge in [0.15, 0.2) is 23.1 Å². The molecule has 0 saturated heterocycles. The molecule has 242 valence electrons. The molecule has 46 heavy (non-hydrogen) atoms. The number of amides is 2. The van der Waals surface area contributed by atoms with Crippen LogP contribution in [-0.2, 0) is 9.59 Å². The summed E-state index contributed by atoms with van der Waals surface area (Å²) in [5.41, 5.74) is -0.249. The third kappa shape index (κ3) is 7.17. The second-order valence-corrected chi connectivity index (χ2v) is 11.0. The van der Waals surface area contributed by atoms with Crippen LogP contribution >= 0.6 is 0 Å². The van der Waals surface area contributed by atoms with Gasteiger partial charge in [-0.3, -0.25) is 9.59 Å². The summed E-state index contributed by atoms with van der Waals surface area (Å²) in [5, 5.41) is 5.84. The highest BCUT2D eigenvalue weighted by atomic mass is 19.1. The number of nitrogens with zero attached hydrogens (tertiary/aromatic N) is 3. The van der Waals surface area contributed by atoms with Crippen molar-refractivity contribution in [2.24, 2.45) is 5.41 Å². The largest absolute Gasteiger partial charge is 0.493 e. The molecule has 1 aromatic heterocycles. The second kappa shape index (κ2) is 14.5.